The minimum absolute atomic E-state index is 0.249. The van der Waals surface area contributed by atoms with Gasteiger partial charge in [-0.25, -0.2) is 15.0 Å². The second-order valence-electron chi connectivity index (χ2n) is 5.58. The number of aromatic amines is 1. The second kappa shape index (κ2) is 8.87. The number of hydrogen-bond donors (Lipinski definition) is 3. The molecule has 0 aromatic carbocycles. The molecule has 0 saturated heterocycles. The minimum atomic E-state index is -4.41. The van der Waals surface area contributed by atoms with E-state index >= 15 is 0 Å². The summed E-state index contributed by atoms with van der Waals surface area (Å²) in [5, 5.41) is 14.4. The molecule has 0 aliphatic heterocycles. The van der Waals surface area contributed by atoms with Gasteiger partial charge in [-0.2, -0.15) is 13.2 Å². The van der Waals surface area contributed by atoms with Gasteiger partial charge in [-0.3, -0.25) is 5.10 Å². The normalized spacial score (nSPS) is 12.4. The molecule has 28 heavy (non-hydrogen) atoms. The van der Waals surface area contributed by atoms with Crippen LogP contribution in [0.5, 0.6) is 0 Å². The highest BCUT2D eigenvalue weighted by molar-refractivity contribution is 7.09. The maximum atomic E-state index is 12.6. The van der Waals surface area contributed by atoms with Crippen molar-refractivity contribution in [3.63, 3.8) is 0 Å². The predicted octanol–water partition coefficient (Wildman–Crippen LogP) is 2.84. The van der Waals surface area contributed by atoms with E-state index in [-0.39, 0.29) is 6.54 Å². The molecule has 3 N–H and O–H groups in total. The molecule has 3 aromatic rings. The van der Waals surface area contributed by atoms with Crippen LogP contribution in [0.25, 0.3) is 11.6 Å². The number of thiazole rings is 1. The summed E-state index contributed by atoms with van der Waals surface area (Å²) in [6.07, 6.45) is -2.52. The zero-order valence-corrected chi connectivity index (χ0v) is 15.7. The Hall–Kier alpha value is -2.89. The van der Waals surface area contributed by atoms with Crippen molar-refractivity contribution >= 4 is 17.3 Å². The standard InChI is InChI=1S/C16H18F3N7OS/c1-2-20-15(21-6-5-13-23-11(9-28-13)16(17,18)19)22-8-12-24-14(26-25-12)10-4-3-7-27-10/h3-4,7,9H,2,5-6,8H2,1H3,(H2,20,21,22)(H,24,25,26). The van der Waals surface area contributed by atoms with E-state index in [0.717, 1.165) is 16.7 Å². The van der Waals surface area contributed by atoms with Crippen LogP contribution in [0.4, 0.5) is 13.2 Å². The average molecular weight is 413 g/mol. The van der Waals surface area contributed by atoms with Crippen LogP contribution in [-0.4, -0.2) is 39.2 Å². The summed E-state index contributed by atoms with van der Waals surface area (Å²) in [6, 6.07) is 3.50. The maximum Gasteiger partial charge on any atom is 0.434 e. The third-order valence-corrected chi connectivity index (χ3v) is 4.39. The van der Waals surface area contributed by atoms with E-state index in [4.69, 9.17) is 4.42 Å². The third kappa shape index (κ3) is 5.31. The van der Waals surface area contributed by atoms with Gasteiger partial charge in [0.15, 0.2) is 17.4 Å². The van der Waals surface area contributed by atoms with Gasteiger partial charge in [0.25, 0.3) is 0 Å². The van der Waals surface area contributed by atoms with E-state index in [0.29, 0.717) is 47.9 Å². The number of H-pyrrole nitrogens is 1. The van der Waals surface area contributed by atoms with Gasteiger partial charge in [0.05, 0.1) is 11.3 Å². The van der Waals surface area contributed by atoms with Gasteiger partial charge in [0.1, 0.15) is 12.4 Å². The summed E-state index contributed by atoms with van der Waals surface area (Å²) in [5.74, 6) is 2.07. The topological polar surface area (TPSA) is 104 Å². The van der Waals surface area contributed by atoms with E-state index in [2.05, 4.69) is 35.8 Å². The van der Waals surface area contributed by atoms with Crippen LogP contribution >= 0.6 is 11.3 Å². The fraction of sp³-hybridized carbons (Fsp3) is 0.375. The monoisotopic (exact) mass is 413 g/mol. The molecule has 0 aliphatic carbocycles. The lowest BCUT2D eigenvalue weighted by Crippen LogP contribution is -2.38. The van der Waals surface area contributed by atoms with Crippen LogP contribution in [-0.2, 0) is 19.1 Å². The van der Waals surface area contributed by atoms with Gasteiger partial charge in [0.2, 0.25) is 5.82 Å². The van der Waals surface area contributed by atoms with E-state index in [1.807, 2.05) is 6.92 Å². The van der Waals surface area contributed by atoms with E-state index in [9.17, 15) is 13.2 Å². The summed E-state index contributed by atoms with van der Waals surface area (Å²) in [7, 11) is 0. The van der Waals surface area contributed by atoms with Crippen molar-refractivity contribution in [3.8, 4) is 11.6 Å². The molecule has 0 amide bonds. The van der Waals surface area contributed by atoms with Gasteiger partial charge in [-0.1, -0.05) is 0 Å². The van der Waals surface area contributed by atoms with Crippen molar-refractivity contribution in [2.75, 3.05) is 13.1 Å². The van der Waals surface area contributed by atoms with Gasteiger partial charge >= 0.3 is 6.18 Å². The number of guanidine groups is 1. The molecule has 3 rings (SSSR count). The van der Waals surface area contributed by atoms with Crippen LogP contribution in [0, 0.1) is 0 Å². The molecule has 0 unspecified atom stereocenters. The number of alkyl halides is 3. The molecule has 3 aromatic heterocycles. The number of hydrogen-bond acceptors (Lipinski definition) is 6. The van der Waals surface area contributed by atoms with Crippen LogP contribution < -0.4 is 10.6 Å². The van der Waals surface area contributed by atoms with Gasteiger partial charge in [-0.15, -0.1) is 16.4 Å². The van der Waals surface area contributed by atoms with Gasteiger partial charge in [-0.05, 0) is 19.1 Å². The fourth-order valence-corrected chi connectivity index (χ4v) is 3.03. The van der Waals surface area contributed by atoms with Crippen LogP contribution in [0.2, 0.25) is 0 Å². The first-order valence-corrected chi connectivity index (χ1v) is 9.32. The average Bonchev–Trinajstić information content (AvgIpc) is 3.39. The molecule has 0 spiro atoms. The van der Waals surface area contributed by atoms with Crippen LogP contribution in [0.15, 0.2) is 33.2 Å². The highest BCUT2D eigenvalue weighted by Crippen LogP contribution is 2.30. The number of halogens is 3. The Balaban J connectivity index is 1.53. The molecule has 3 heterocycles. The minimum Gasteiger partial charge on any atom is -0.461 e. The first-order valence-electron chi connectivity index (χ1n) is 8.44. The molecule has 0 fully saturated rings. The predicted molar refractivity (Wildman–Crippen MR) is 97.7 cm³/mol. The van der Waals surface area contributed by atoms with Gasteiger partial charge in [0, 0.05) is 24.9 Å². The van der Waals surface area contributed by atoms with Crippen molar-refractivity contribution in [1.82, 2.24) is 30.8 Å². The highest BCUT2D eigenvalue weighted by atomic mass is 32.1. The van der Waals surface area contributed by atoms with Crippen LogP contribution in [0.1, 0.15) is 23.4 Å². The number of furan rings is 1. The molecular formula is C16H18F3N7OS. The maximum absolute atomic E-state index is 12.6. The molecule has 150 valence electrons. The molecule has 0 atom stereocenters. The summed E-state index contributed by atoms with van der Waals surface area (Å²) in [5.41, 5.74) is -0.856. The van der Waals surface area contributed by atoms with E-state index in [1.54, 1.807) is 12.1 Å². The molecule has 8 nitrogen and oxygen atoms in total. The molecule has 12 heteroatoms. The summed E-state index contributed by atoms with van der Waals surface area (Å²) in [4.78, 5) is 12.3. The number of rotatable bonds is 7. The summed E-state index contributed by atoms with van der Waals surface area (Å²) < 4.78 is 43.0. The molecule has 0 aliphatic rings. The Morgan fingerprint density at radius 2 is 2.18 bits per heavy atom. The lowest BCUT2D eigenvalue weighted by molar-refractivity contribution is -0.140. The number of aliphatic imine (C=N–C) groups is 1. The zero-order chi connectivity index (χ0) is 20.0. The third-order valence-electron chi connectivity index (χ3n) is 3.48. The number of nitrogens with one attached hydrogen (secondary N) is 3. The lowest BCUT2D eigenvalue weighted by Gasteiger charge is -2.10. The molecule has 0 saturated carbocycles. The number of nitrogens with zero attached hydrogens (tertiary/aromatic N) is 4. The molecule has 0 radical (unpaired) electrons. The summed E-state index contributed by atoms with van der Waals surface area (Å²) >= 11 is 0.990. The van der Waals surface area contributed by atoms with Crippen molar-refractivity contribution in [2.45, 2.75) is 26.1 Å². The Kier molecular flexibility index (Phi) is 6.29. The Bertz CT molecular complexity index is 902. The smallest absolute Gasteiger partial charge is 0.434 e. The zero-order valence-electron chi connectivity index (χ0n) is 14.9. The Labute approximate surface area is 162 Å². The Morgan fingerprint density at radius 1 is 1.32 bits per heavy atom. The molecular weight excluding hydrogens is 395 g/mol. The van der Waals surface area contributed by atoms with Crippen molar-refractivity contribution in [2.24, 2.45) is 4.99 Å². The lowest BCUT2D eigenvalue weighted by atomic mass is 10.4. The fourth-order valence-electron chi connectivity index (χ4n) is 2.22. The van der Waals surface area contributed by atoms with Crippen molar-refractivity contribution < 1.29 is 17.6 Å². The summed E-state index contributed by atoms with van der Waals surface area (Å²) in [6.45, 7) is 3.19. The van der Waals surface area contributed by atoms with E-state index < -0.39 is 11.9 Å². The first kappa shape index (κ1) is 19.9. The van der Waals surface area contributed by atoms with Crippen molar-refractivity contribution in [1.29, 1.82) is 0 Å². The van der Waals surface area contributed by atoms with E-state index in [1.165, 1.54) is 6.26 Å². The molecule has 0 bridgehead atoms. The Morgan fingerprint density at radius 3 is 2.86 bits per heavy atom. The van der Waals surface area contributed by atoms with Gasteiger partial charge < -0.3 is 15.1 Å². The second-order valence-corrected chi connectivity index (χ2v) is 6.52. The SMILES string of the molecule is CCNC(=NCc1nc(-c2ccco2)n[nH]1)NCCc1nc(C(F)(F)F)cs1. The highest BCUT2D eigenvalue weighted by Gasteiger charge is 2.33. The van der Waals surface area contributed by atoms with Crippen LogP contribution in [0.3, 0.4) is 0 Å². The number of aromatic nitrogens is 4. The largest absolute Gasteiger partial charge is 0.461 e. The first-order chi connectivity index (χ1) is 13.5. The quantitative estimate of drug-likeness (QED) is 0.407. The van der Waals surface area contributed by atoms with Crippen molar-refractivity contribution in [3.05, 3.63) is 40.3 Å².